The number of hydrogen-bond acceptors (Lipinski definition) is 4. The van der Waals surface area contributed by atoms with Gasteiger partial charge in [0.25, 0.3) is 5.91 Å². The molecule has 0 saturated carbocycles. The Labute approximate surface area is 147 Å². The van der Waals surface area contributed by atoms with Crippen molar-refractivity contribution in [1.82, 2.24) is 10.2 Å². The van der Waals surface area contributed by atoms with E-state index in [-0.39, 0.29) is 11.8 Å². The van der Waals surface area contributed by atoms with Crippen LogP contribution in [0.1, 0.15) is 22.8 Å². The van der Waals surface area contributed by atoms with Crippen molar-refractivity contribution in [3.8, 4) is 0 Å². The van der Waals surface area contributed by atoms with Crippen LogP contribution in [0.4, 0.5) is 5.69 Å². The van der Waals surface area contributed by atoms with Crippen LogP contribution < -0.4 is 10.2 Å². The maximum absolute atomic E-state index is 12.6. The Kier molecular flexibility index (Phi) is 5.07. The summed E-state index contributed by atoms with van der Waals surface area (Å²) in [5, 5.41) is 2.73. The number of rotatable bonds is 4. The summed E-state index contributed by atoms with van der Waals surface area (Å²) in [6, 6.07) is 9.40. The van der Waals surface area contributed by atoms with Crippen molar-refractivity contribution < 1.29 is 14.0 Å². The molecule has 0 radical (unpaired) electrons. The van der Waals surface area contributed by atoms with E-state index in [2.05, 4.69) is 41.4 Å². The van der Waals surface area contributed by atoms with Gasteiger partial charge in [0.15, 0.2) is 0 Å². The van der Waals surface area contributed by atoms with E-state index >= 15 is 0 Å². The van der Waals surface area contributed by atoms with E-state index in [1.165, 1.54) is 23.8 Å². The Bertz CT molecular complexity index is 734. The highest BCUT2D eigenvalue weighted by atomic mass is 16.3. The maximum Gasteiger partial charge on any atom is 0.255 e. The van der Waals surface area contributed by atoms with Crippen LogP contribution in [-0.4, -0.2) is 48.9 Å². The molecule has 1 N–H and O–H groups in total. The third-order valence-corrected chi connectivity index (χ3v) is 4.46. The number of carbonyl (C=O) groups is 2. The molecule has 6 heteroatoms. The van der Waals surface area contributed by atoms with E-state index < -0.39 is 6.04 Å². The topological polar surface area (TPSA) is 65.8 Å². The van der Waals surface area contributed by atoms with Gasteiger partial charge in [-0.2, -0.15) is 0 Å². The molecule has 0 spiro atoms. The van der Waals surface area contributed by atoms with Gasteiger partial charge in [0, 0.05) is 31.9 Å². The second-order valence-corrected chi connectivity index (χ2v) is 6.36. The lowest BCUT2D eigenvalue weighted by Crippen LogP contribution is -2.54. The quantitative estimate of drug-likeness (QED) is 0.924. The molecular weight excluding hydrogens is 318 g/mol. The SMILES string of the molecule is Cc1cccc(N2CCN(C(=O)C(C)NC(=O)c3ccoc3)CC2)c1. The summed E-state index contributed by atoms with van der Waals surface area (Å²) in [6.07, 6.45) is 2.80. The Morgan fingerprint density at radius 1 is 1.16 bits per heavy atom. The third kappa shape index (κ3) is 4.02. The van der Waals surface area contributed by atoms with Crippen LogP contribution in [-0.2, 0) is 4.79 Å². The van der Waals surface area contributed by atoms with Gasteiger partial charge in [-0.05, 0) is 37.6 Å². The van der Waals surface area contributed by atoms with E-state index in [9.17, 15) is 9.59 Å². The molecule has 1 aromatic carbocycles. The number of nitrogens with zero attached hydrogens (tertiary/aromatic N) is 2. The number of carbonyl (C=O) groups excluding carboxylic acids is 2. The smallest absolute Gasteiger partial charge is 0.255 e. The van der Waals surface area contributed by atoms with E-state index in [1.54, 1.807) is 13.0 Å². The molecule has 0 bridgehead atoms. The second-order valence-electron chi connectivity index (χ2n) is 6.36. The van der Waals surface area contributed by atoms with Gasteiger partial charge in [-0.15, -0.1) is 0 Å². The highest BCUT2D eigenvalue weighted by Gasteiger charge is 2.26. The van der Waals surface area contributed by atoms with E-state index in [1.807, 2.05) is 4.90 Å². The zero-order chi connectivity index (χ0) is 17.8. The van der Waals surface area contributed by atoms with Crippen molar-refractivity contribution in [2.75, 3.05) is 31.1 Å². The zero-order valence-corrected chi connectivity index (χ0v) is 14.6. The van der Waals surface area contributed by atoms with Crippen molar-refractivity contribution in [2.24, 2.45) is 0 Å². The predicted molar refractivity (Wildman–Crippen MR) is 95.6 cm³/mol. The summed E-state index contributed by atoms with van der Waals surface area (Å²) in [5.74, 6) is -0.353. The lowest BCUT2D eigenvalue weighted by atomic mass is 10.1. The number of piperazine rings is 1. The Morgan fingerprint density at radius 2 is 1.92 bits per heavy atom. The molecular formula is C19H23N3O3. The van der Waals surface area contributed by atoms with Crippen LogP contribution in [0.2, 0.25) is 0 Å². The van der Waals surface area contributed by atoms with Crippen molar-refractivity contribution >= 4 is 17.5 Å². The number of benzene rings is 1. The highest BCUT2D eigenvalue weighted by molar-refractivity contribution is 5.97. The number of furan rings is 1. The van der Waals surface area contributed by atoms with Crippen LogP contribution in [0.25, 0.3) is 0 Å². The number of anilines is 1. The van der Waals surface area contributed by atoms with Crippen LogP contribution in [0.5, 0.6) is 0 Å². The third-order valence-electron chi connectivity index (χ3n) is 4.46. The normalized spacial score (nSPS) is 15.8. The second kappa shape index (κ2) is 7.42. The standard InChI is InChI=1S/C19H23N3O3/c1-14-4-3-5-17(12-14)21-7-9-22(10-8-21)19(24)15(2)20-18(23)16-6-11-25-13-16/h3-6,11-13,15H,7-10H2,1-2H3,(H,20,23). The summed E-state index contributed by atoms with van der Waals surface area (Å²) in [4.78, 5) is 28.7. The first-order chi connectivity index (χ1) is 12.0. The van der Waals surface area contributed by atoms with E-state index in [0.29, 0.717) is 18.7 Å². The molecule has 2 aromatic rings. The Hall–Kier alpha value is -2.76. The molecule has 1 unspecified atom stereocenters. The van der Waals surface area contributed by atoms with Crippen LogP contribution in [0.15, 0.2) is 47.3 Å². The van der Waals surface area contributed by atoms with Gasteiger partial charge in [0.1, 0.15) is 12.3 Å². The lowest BCUT2D eigenvalue weighted by molar-refractivity contribution is -0.133. The number of amides is 2. The van der Waals surface area contributed by atoms with Crippen LogP contribution >= 0.6 is 0 Å². The number of nitrogens with one attached hydrogen (secondary N) is 1. The molecule has 1 atom stereocenters. The molecule has 2 heterocycles. The van der Waals surface area contributed by atoms with Crippen LogP contribution in [0, 0.1) is 6.92 Å². The summed E-state index contributed by atoms with van der Waals surface area (Å²) < 4.78 is 4.89. The molecule has 1 saturated heterocycles. The molecule has 25 heavy (non-hydrogen) atoms. The van der Waals surface area contributed by atoms with E-state index in [0.717, 1.165) is 13.1 Å². The maximum atomic E-state index is 12.6. The number of aryl methyl sites for hydroxylation is 1. The highest BCUT2D eigenvalue weighted by Crippen LogP contribution is 2.18. The van der Waals surface area contributed by atoms with Crippen molar-refractivity contribution in [3.05, 3.63) is 54.0 Å². The molecule has 3 rings (SSSR count). The first-order valence-corrected chi connectivity index (χ1v) is 8.48. The predicted octanol–water partition coefficient (Wildman–Crippen LogP) is 2.06. The molecule has 132 valence electrons. The van der Waals surface area contributed by atoms with Gasteiger partial charge in [-0.3, -0.25) is 9.59 Å². The van der Waals surface area contributed by atoms with Crippen molar-refractivity contribution in [1.29, 1.82) is 0 Å². The Balaban J connectivity index is 1.53. The largest absolute Gasteiger partial charge is 0.472 e. The van der Waals surface area contributed by atoms with Gasteiger partial charge >= 0.3 is 0 Å². The van der Waals surface area contributed by atoms with Gasteiger partial charge in [-0.1, -0.05) is 12.1 Å². The lowest BCUT2D eigenvalue weighted by Gasteiger charge is -2.37. The molecule has 6 nitrogen and oxygen atoms in total. The minimum atomic E-state index is -0.562. The molecule has 1 aliphatic rings. The molecule has 1 aromatic heterocycles. The first-order valence-electron chi connectivity index (χ1n) is 8.48. The average molecular weight is 341 g/mol. The minimum Gasteiger partial charge on any atom is -0.472 e. The average Bonchev–Trinajstić information content (AvgIpc) is 3.16. The molecule has 1 fully saturated rings. The van der Waals surface area contributed by atoms with Crippen molar-refractivity contribution in [2.45, 2.75) is 19.9 Å². The van der Waals surface area contributed by atoms with Crippen molar-refractivity contribution in [3.63, 3.8) is 0 Å². The van der Waals surface area contributed by atoms with Gasteiger partial charge in [0.05, 0.1) is 11.8 Å². The summed E-state index contributed by atoms with van der Waals surface area (Å²) in [7, 11) is 0. The monoisotopic (exact) mass is 341 g/mol. The number of hydrogen-bond donors (Lipinski definition) is 1. The fourth-order valence-corrected chi connectivity index (χ4v) is 3.02. The van der Waals surface area contributed by atoms with Gasteiger partial charge < -0.3 is 19.5 Å². The fraction of sp³-hybridized carbons (Fsp3) is 0.368. The minimum absolute atomic E-state index is 0.0549. The summed E-state index contributed by atoms with van der Waals surface area (Å²) >= 11 is 0. The zero-order valence-electron chi connectivity index (χ0n) is 14.6. The molecule has 1 aliphatic heterocycles. The van der Waals surface area contributed by atoms with Gasteiger partial charge in [-0.25, -0.2) is 0 Å². The van der Waals surface area contributed by atoms with E-state index in [4.69, 9.17) is 4.42 Å². The Morgan fingerprint density at radius 3 is 2.56 bits per heavy atom. The molecule has 0 aliphatic carbocycles. The van der Waals surface area contributed by atoms with Crippen LogP contribution in [0.3, 0.4) is 0 Å². The molecule has 2 amide bonds. The first kappa shape index (κ1) is 17.1. The summed E-state index contributed by atoms with van der Waals surface area (Å²) in [5.41, 5.74) is 2.84. The summed E-state index contributed by atoms with van der Waals surface area (Å²) in [6.45, 7) is 6.67. The fourth-order valence-electron chi connectivity index (χ4n) is 3.02. The van der Waals surface area contributed by atoms with Gasteiger partial charge in [0.2, 0.25) is 5.91 Å².